The Labute approximate surface area is 118 Å². The van der Waals surface area contributed by atoms with Crippen molar-refractivity contribution in [3.63, 3.8) is 0 Å². The van der Waals surface area contributed by atoms with Crippen molar-refractivity contribution in [1.82, 2.24) is 10.6 Å². The highest BCUT2D eigenvalue weighted by Gasteiger charge is 2.17. The van der Waals surface area contributed by atoms with Gasteiger partial charge in [0.2, 0.25) is 5.91 Å². The molecule has 19 heavy (non-hydrogen) atoms. The Morgan fingerprint density at radius 1 is 1.32 bits per heavy atom. The first-order valence-electron chi connectivity index (χ1n) is 6.26. The molecule has 5 heteroatoms. The smallest absolute Gasteiger partial charge is 0.321 e. The zero-order valence-electron chi connectivity index (χ0n) is 11.7. The van der Waals surface area contributed by atoms with Crippen LogP contribution in [0.15, 0.2) is 23.1 Å². The van der Waals surface area contributed by atoms with Crippen molar-refractivity contribution in [2.45, 2.75) is 37.8 Å². The van der Waals surface area contributed by atoms with Gasteiger partial charge in [-0.3, -0.25) is 10.1 Å². The largest absolute Gasteiger partial charge is 0.338 e. The van der Waals surface area contributed by atoms with E-state index in [1.54, 1.807) is 13.8 Å². The van der Waals surface area contributed by atoms with Crippen LogP contribution in [0.2, 0.25) is 0 Å². The molecule has 0 aromatic heterocycles. The lowest BCUT2D eigenvalue weighted by Gasteiger charge is -2.13. The Balaban J connectivity index is 2.61. The van der Waals surface area contributed by atoms with Gasteiger partial charge in [0.25, 0.3) is 0 Å². The fourth-order valence-corrected chi connectivity index (χ4v) is 2.53. The van der Waals surface area contributed by atoms with Gasteiger partial charge in [0, 0.05) is 11.4 Å². The van der Waals surface area contributed by atoms with Crippen molar-refractivity contribution in [3.8, 4) is 0 Å². The summed E-state index contributed by atoms with van der Waals surface area (Å²) in [7, 11) is 0. The molecule has 0 aliphatic rings. The molecule has 0 saturated carbocycles. The molecule has 0 bridgehead atoms. The lowest BCUT2D eigenvalue weighted by molar-refractivity contribution is -0.119. The number of aryl methyl sites for hydroxylation is 2. The second kappa shape index (κ2) is 7.19. The summed E-state index contributed by atoms with van der Waals surface area (Å²) in [6, 6.07) is 5.66. The van der Waals surface area contributed by atoms with E-state index in [9.17, 15) is 9.59 Å². The topological polar surface area (TPSA) is 58.2 Å². The number of carbonyl (C=O) groups is 2. The molecular formula is C14H20N2O2S. The van der Waals surface area contributed by atoms with Crippen LogP contribution < -0.4 is 10.6 Å². The highest BCUT2D eigenvalue weighted by molar-refractivity contribution is 8.00. The van der Waals surface area contributed by atoms with Gasteiger partial charge in [-0.15, -0.1) is 11.8 Å². The maximum Gasteiger partial charge on any atom is 0.321 e. The van der Waals surface area contributed by atoms with Crippen molar-refractivity contribution in [2.24, 2.45) is 0 Å². The third-order valence-corrected chi connectivity index (χ3v) is 3.86. The molecule has 0 heterocycles. The van der Waals surface area contributed by atoms with Crippen LogP contribution in [-0.4, -0.2) is 23.7 Å². The summed E-state index contributed by atoms with van der Waals surface area (Å²) in [5, 5.41) is 4.54. The SMILES string of the molecule is CCNC(=O)NC(=O)[C@@H](C)Sc1ccc(C)cc1C. The van der Waals surface area contributed by atoms with Gasteiger partial charge in [-0.25, -0.2) is 4.79 Å². The van der Waals surface area contributed by atoms with Crippen molar-refractivity contribution in [2.75, 3.05) is 6.54 Å². The van der Waals surface area contributed by atoms with Crippen LogP contribution in [0.5, 0.6) is 0 Å². The van der Waals surface area contributed by atoms with Gasteiger partial charge < -0.3 is 5.32 Å². The monoisotopic (exact) mass is 280 g/mol. The molecule has 0 spiro atoms. The lowest BCUT2D eigenvalue weighted by Crippen LogP contribution is -2.42. The third-order valence-electron chi connectivity index (χ3n) is 2.58. The number of thioether (sulfide) groups is 1. The summed E-state index contributed by atoms with van der Waals surface area (Å²) >= 11 is 1.46. The molecule has 1 atom stereocenters. The van der Waals surface area contributed by atoms with E-state index in [1.807, 2.05) is 26.0 Å². The van der Waals surface area contributed by atoms with Crippen molar-refractivity contribution in [3.05, 3.63) is 29.3 Å². The van der Waals surface area contributed by atoms with Gasteiger partial charge in [0.1, 0.15) is 0 Å². The molecule has 0 radical (unpaired) electrons. The molecule has 0 saturated heterocycles. The van der Waals surface area contributed by atoms with Crippen LogP contribution in [0.1, 0.15) is 25.0 Å². The predicted molar refractivity (Wildman–Crippen MR) is 78.5 cm³/mol. The molecule has 0 aliphatic carbocycles. The highest BCUT2D eigenvalue weighted by Crippen LogP contribution is 2.27. The molecule has 1 rings (SSSR count). The maximum atomic E-state index is 11.8. The number of amides is 3. The standard InChI is InChI=1S/C14H20N2O2S/c1-5-15-14(18)16-13(17)11(4)19-12-7-6-9(2)8-10(12)3/h6-8,11H,5H2,1-4H3,(H2,15,16,17,18)/t11-/m1/s1. The van der Waals surface area contributed by atoms with Crippen molar-refractivity contribution in [1.29, 1.82) is 0 Å². The quantitative estimate of drug-likeness (QED) is 0.834. The lowest BCUT2D eigenvalue weighted by atomic mass is 10.2. The second-order valence-electron chi connectivity index (χ2n) is 4.38. The minimum Gasteiger partial charge on any atom is -0.338 e. The molecule has 1 aromatic carbocycles. The fourth-order valence-electron chi connectivity index (χ4n) is 1.59. The molecule has 2 N–H and O–H groups in total. The van der Waals surface area contributed by atoms with Crippen molar-refractivity contribution < 1.29 is 9.59 Å². The van der Waals surface area contributed by atoms with Gasteiger partial charge in [-0.2, -0.15) is 0 Å². The van der Waals surface area contributed by atoms with Crippen molar-refractivity contribution >= 4 is 23.7 Å². The molecule has 3 amide bonds. The van der Waals surface area contributed by atoms with Gasteiger partial charge in [0.05, 0.1) is 5.25 Å². The first-order valence-corrected chi connectivity index (χ1v) is 7.14. The Morgan fingerprint density at radius 3 is 2.58 bits per heavy atom. The van der Waals surface area contributed by atoms with E-state index in [-0.39, 0.29) is 11.2 Å². The summed E-state index contributed by atoms with van der Waals surface area (Å²) in [5.41, 5.74) is 2.34. The Bertz CT molecular complexity index is 475. The predicted octanol–water partition coefficient (Wildman–Crippen LogP) is 2.63. The second-order valence-corrected chi connectivity index (χ2v) is 5.76. The van der Waals surface area contributed by atoms with Gasteiger partial charge in [-0.1, -0.05) is 17.7 Å². The van der Waals surface area contributed by atoms with Crippen LogP contribution in [0, 0.1) is 13.8 Å². The number of carbonyl (C=O) groups excluding carboxylic acids is 2. The number of imide groups is 1. The first kappa shape index (κ1) is 15.6. The number of nitrogens with one attached hydrogen (secondary N) is 2. The Kier molecular flexibility index (Phi) is 5.89. The summed E-state index contributed by atoms with van der Waals surface area (Å²) in [6.07, 6.45) is 0. The van der Waals surface area contributed by atoms with E-state index in [4.69, 9.17) is 0 Å². The molecule has 1 aromatic rings. The minimum atomic E-state index is -0.444. The van der Waals surface area contributed by atoms with Gasteiger partial charge in [-0.05, 0) is 39.3 Å². The van der Waals surface area contributed by atoms with Crippen LogP contribution in [-0.2, 0) is 4.79 Å². The third kappa shape index (κ3) is 4.95. The zero-order chi connectivity index (χ0) is 14.4. The molecule has 4 nitrogen and oxygen atoms in total. The van der Waals surface area contributed by atoms with E-state index >= 15 is 0 Å². The van der Waals surface area contributed by atoms with Gasteiger partial charge in [0.15, 0.2) is 0 Å². The molecule has 0 fully saturated rings. The van der Waals surface area contributed by atoms with E-state index in [1.165, 1.54) is 17.3 Å². The Hall–Kier alpha value is -1.49. The number of rotatable bonds is 4. The number of hydrogen-bond acceptors (Lipinski definition) is 3. The van der Waals surface area contributed by atoms with Crippen LogP contribution >= 0.6 is 11.8 Å². The Morgan fingerprint density at radius 2 is 2.00 bits per heavy atom. The zero-order valence-corrected chi connectivity index (χ0v) is 12.6. The van der Waals surface area contributed by atoms with E-state index in [2.05, 4.69) is 16.7 Å². The van der Waals surface area contributed by atoms with Crippen LogP contribution in [0.25, 0.3) is 0 Å². The van der Waals surface area contributed by atoms with E-state index in [0.29, 0.717) is 6.54 Å². The number of hydrogen-bond donors (Lipinski definition) is 2. The number of urea groups is 1. The highest BCUT2D eigenvalue weighted by atomic mass is 32.2. The van der Waals surface area contributed by atoms with Crippen LogP contribution in [0.3, 0.4) is 0 Å². The molecule has 0 unspecified atom stereocenters. The molecule has 0 aliphatic heterocycles. The summed E-state index contributed by atoms with van der Waals surface area (Å²) in [5.74, 6) is -0.282. The summed E-state index contributed by atoms with van der Waals surface area (Å²) in [4.78, 5) is 24.1. The minimum absolute atomic E-state index is 0.282. The van der Waals surface area contributed by atoms with Crippen LogP contribution in [0.4, 0.5) is 4.79 Å². The van der Waals surface area contributed by atoms with E-state index in [0.717, 1.165) is 10.5 Å². The first-order chi connectivity index (χ1) is 8.93. The normalized spacial score (nSPS) is 11.8. The summed E-state index contributed by atoms with van der Waals surface area (Å²) in [6.45, 7) is 8.14. The number of benzene rings is 1. The van der Waals surface area contributed by atoms with Gasteiger partial charge >= 0.3 is 6.03 Å². The fraction of sp³-hybridized carbons (Fsp3) is 0.429. The average molecular weight is 280 g/mol. The molecular weight excluding hydrogens is 260 g/mol. The maximum absolute atomic E-state index is 11.8. The summed E-state index contributed by atoms with van der Waals surface area (Å²) < 4.78 is 0. The molecule has 104 valence electrons. The van der Waals surface area contributed by atoms with E-state index < -0.39 is 6.03 Å². The average Bonchev–Trinajstić information content (AvgIpc) is 2.32.